The molecule has 270 valence electrons. The molecule has 0 aliphatic carbocycles. The number of nitrogens with zero attached hydrogens (tertiary/aromatic N) is 8. The number of amides is 2. The number of rotatable bonds is 9. The van der Waals surface area contributed by atoms with Crippen LogP contribution < -0.4 is 9.64 Å². The van der Waals surface area contributed by atoms with Crippen molar-refractivity contribution in [1.82, 2.24) is 30.0 Å². The van der Waals surface area contributed by atoms with Gasteiger partial charge in [0.15, 0.2) is 5.84 Å². The van der Waals surface area contributed by atoms with Crippen LogP contribution in [0.15, 0.2) is 70.9 Å². The molecule has 2 aromatic carbocycles. The maximum Gasteiger partial charge on any atom is 0.237 e. The lowest BCUT2D eigenvalue weighted by Crippen LogP contribution is -2.43. The summed E-state index contributed by atoms with van der Waals surface area (Å²) in [5, 5.41) is 14.4. The van der Waals surface area contributed by atoms with E-state index in [0.29, 0.717) is 68.4 Å². The number of halogens is 1. The fourth-order valence-corrected chi connectivity index (χ4v) is 7.48. The second-order valence-electron chi connectivity index (χ2n) is 14.2. The number of hydrogen-bond acceptors (Lipinski definition) is 8. The molecule has 0 radical (unpaired) electrons. The van der Waals surface area contributed by atoms with Gasteiger partial charge in [-0.05, 0) is 82.3 Å². The van der Waals surface area contributed by atoms with Crippen molar-refractivity contribution in [2.75, 3.05) is 58.3 Å². The summed E-state index contributed by atoms with van der Waals surface area (Å²) in [5.41, 5.74) is 4.75. The first-order valence-corrected chi connectivity index (χ1v) is 17.7. The summed E-state index contributed by atoms with van der Waals surface area (Å²) in [5.74, 6) is 0.665. The van der Waals surface area contributed by atoms with Crippen molar-refractivity contribution in [3.05, 3.63) is 77.7 Å². The lowest BCUT2D eigenvalue weighted by atomic mass is 9.85. The van der Waals surface area contributed by atoms with Crippen LogP contribution >= 0.6 is 0 Å². The van der Waals surface area contributed by atoms with Crippen LogP contribution in [0.3, 0.4) is 0 Å². The molecule has 13 heteroatoms. The zero-order valence-corrected chi connectivity index (χ0v) is 30.1. The second kappa shape index (κ2) is 14.3. The number of ether oxygens (including phenoxy) is 1. The standard InChI is InChI=1S/C39H44FN9O3/c1-25(2)52-34-11-7-28(22-42-34)36-31-21-29(8-10-33(31)43-44-36)49-19-15-39(38(49)51)14-18-47(24-39)23-35(50)48-16-12-26(13-17-48)30-9-6-27(20-32(30)40)37(41-3)45-46(4)5/h6-12,20-22,25H,3,13-19,23-24H2,1-2,4-5H3,(H,43,44)/b45-37-/t39-/m0/s1. The van der Waals surface area contributed by atoms with Crippen LogP contribution in [0, 0.1) is 11.2 Å². The number of anilines is 1. The number of amidine groups is 1. The van der Waals surface area contributed by atoms with Gasteiger partial charge in [-0.3, -0.25) is 19.6 Å². The molecular weight excluding hydrogens is 661 g/mol. The Labute approximate surface area is 302 Å². The summed E-state index contributed by atoms with van der Waals surface area (Å²) in [7, 11) is 3.53. The Balaban J connectivity index is 0.973. The molecular formula is C39H44FN9O3. The number of fused-ring (bicyclic) bond motifs is 1. The van der Waals surface area contributed by atoms with Crippen LogP contribution in [0.1, 0.15) is 44.2 Å². The number of pyridine rings is 1. The molecule has 0 unspecified atom stereocenters. The number of H-pyrrole nitrogens is 1. The highest BCUT2D eigenvalue weighted by atomic mass is 19.1. The van der Waals surface area contributed by atoms with E-state index in [9.17, 15) is 9.59 Å². The van der Waals surface area contributed by atoms with E-state index in [1.54, 1.807) is 37.4 Å². The number of carbonyl (C=O) groups excluding carboxylic acids is 2. The average molecular weight is 706 g/mol. The Kier molecular flexibility index (Phi) is 9.62. The second-order valence-corrected chi connectivity index (χ2v) is 14.2. The first kappa shape index (κ1) is 35.0. The van der Waals surface area contributed by atoms with Gasteiger partial charge in [0.2, 0.25) is 17.7 Å². The molecule has 1 atom stereocenters. The van der Waals surface area contributed by atoms with Gasteiger partial charge in [-0.2, -0.15) is 10.2 Å². The molecule has 2 amide bonds. The van der Waals surface area contributed by atoms with E-state index in [-0.39, 0.29) is 30.3 Å². The fourth-order valence-electron chi connectivity index (χ4n) is 7.48. The van der Waals surface area contributed by atoms with Gasteiger partial charge in [-0.25, -0.2) is 14.4 Å². The van der Waals surface area contributed by atoms with Crippen LogP contribution in [-0.2, 0) is 9.59 Å². The topological polar surface area (TPSA) is 123 Å². The molecule has 3 aliphatic heterocycles. The van der Waals surface area contributed by atoms with E-state index in [2.05, 4.69) is 36.9 Å². The van der Waals surface area contributed by atoms with Crippen molar-refractivity contribution in [2.45, 2.75) is 39.2 Å². The number of hydrogen-bond donors (Lipinski definition) is 1. The fraction of sp³-hybridized carbons (Fsp3) is 0.385. The Hall–Kier alpha value is -5.43. The third-order valence-corrected chi connectivity index (χ3v) is 10.1. The van der Waals surface area contributed by atoms with Crippen LogP contribution in [-0.4, -0.2) is 114 Å². The molecule has 1 N–H and O–H groups in total. The molecule has 5 heterocycles. The monoisotopic (exact) mass is 705 g/mol. The summed E-state index contributed by atoms with van der Waals surface area (Å²) >= 11 is 0. The number of nitrogens with one attached hydrogen (secondary N) is 1. The normalized spacial score (nSPS) is 19.6. The highest BCUT2D eigenvalue weighted by Crippen LogP contribution is 2.43. The lowest BCUT2D eigenvalue weighted by Gasteiger charge is -2.29. The number of carbonyl (C=O) groups is 2. The van der Waals surface area contributed by atoms with Gasteiger partial charge in [-0.1, -0.05) is 18.2 Å². The first-order chi connectivity index (χ1) is 25.0. The lowest BCUT2D eigenvalue weighted by molar-refractivity contribution is -0.132. The SMILES string of the molecule is C=N/C(=N\N(C)C)c1ccc(C2=CCN(C(=O)CN3CC[C@]4(CCN(c5ccc6[nH]nc(-c7ccc(OC(C)C)nc7)c6c5)C4=O)C3)CC2)c(F)c1. The number of aromatic nitrogens is 3. The average Bonchev–Trinajstić information content (AvgIpc) is 3.84. The smallest absolute Gasteiger partial charge is 0.237 e. The molecule has 1 spiro atoms. The summed E-state index contributed by atoms with van der Waals surface area (Å²) in [6.07, 6.45) is 5.72. The minimum absolute atomic E-state index is 0.0169. The van der Waals surface area contributed by atoms with Crippen molar-refractivity contribution < 1.29 is 18.7 Å². The first-order valence-electron chi connectivity index (χ1n) is 17.7. The number of benzene rings is 2. The molecule has 0 saturated carbocycles. The highest BCUT2D eigenvalue weighted by molar-refractivity contribution is 6.03. The van der Waals surface area contributed by atoms with Crippen molar-refractivity contribution in [2.24, 2.45) is 15.5 Å². The van der Waals surface area contributed by atoms with Crippen LogP contribution in [0.2, 0.25) is 0 Å². The predicted molar refractivity (Wildman–Crippen MR) is 201 cm³/mol. The number of hydrazone groups is 1. The Morgan fingerprint density at radius 2 is 1.94 bits per heavy atom. The van der Waals surface area contributed by atoms with Gasteiger partial charge in [0.1, 0.15) is 11.5 Å². The summed E-state index contributed by atoms with van der Waals surface area (Å²) < 4.78 is 20.9. The molecule has 2 aromatic heterocycles. The molecule has 52 heavy (non-hydrogen) atoms. The Morgan fingerprint density at radius 1 is 1.12 bits per heavy atom. The van der Waals surface area contributed by atoms with Gasteiger partial charge < -0.3 is 19.5 Å². The van der Waals surface area contributed by atoms with Crippen molar-refractivity contribution in [1.29, 1.82) is 0 Å². The van der Waals surface area contributed by atoms with Gasteiger partial charge in [0, 0.05) is 80.3 Å². The van der Waals surface area contributed by atoms with E-state index in [1.165, 1.54) is 6.07 Å². The molecule has 2 saturated heterocycles. The van der Waals surface area contributed by atoms with E-state index < -0.39 is 5.41 Å². The van der Waals surface area contributed by atoms with E-state index >= 15 is 4.39 Å². The van der Waals surface area contributed by atoms with E-state index in [1.807, 2.05) is 60.1 Å². The van der Waals surface area contributed by atoms with Crippen molar-refractivity contribution in [3.8, 4) is 17.1 Å². The molecule has 0 bridgehead atoms. The Bertz CT molecular complexity index is 2070. The summed E-state index contributed by atoms with van der Waals surface area (Å²) in [6.45, 7) is 10.5. The third kappa shape index (κ3) is 6.92. The van der Waals surface area contributed by atoms with Gasteiger partial charge >= 0.3 is 0 Å². The molecule has 3 aliphatic rings. The van der Waals surface area contributed by atoms with E-state index in [4.69, 9.17) is 4.74 Å². The maximum atomic E-state index is 15.2. The number of aliphatic imine (C=N–C) groups is 1. The number of aromatic amines is 1. The zero-order chi connectivity index (χ0) is 36.6. The predicted octanol–water partition coefficient (Wildman–Crippen LogP) is 5.22. The van der Waals surface area contributed by atoms with Gasteiger partial charge in [-0.15, -0.1) is 0 Å². The van der Waals surface area contributed by atoms with E-state index in [0.717, 1.165) is 39.8 Å². The third-order valence-electron chi connectivity index (χ3n) is 10.1. The minimum atomic E-state index is -0.512. The Morgan fingerprint density at radius 3 is 2.63 bits per heavy atom. The van der Waals surface area contributed by atoms with Crippen LogP contribution in [0.4, 0.5) is 10.1 Å². The van der Waals surface area contributed by atoms with Crippen molar-refractivity contribution in [3.63, 3.8) is 0 Å². The quantitative estimate of drug-likeness (QED) is 0.144. The largest absolute Gasteiger partial charge is 0.475 e. The van der Waals surface area contributed by atoms with Gasteiger partial charge in [0.05, 0.1) is 23.6 Å². The molecule has 12 nitrogen and oxygen atoms in total. The van der Waals surface area contributed by atoms with Crippen LogP contribution in [0.5, 0.6) is 5.88 Å². The summed E-state index contributed by atoms with van der Waals surface area (Å²) in [4.78, 5) is 41.6. The van der Waals surface area contributed by atoms with Crippen LogP contribution in [0.25, 0.3) is 27.7 Å². The highest BCUT2D eigenvalue weighted by Gasteiger charge is 2.51. The molecule has 7 rings (SSSR count). The molecule has 2 fully saturated rings. The maximum absolute atomic E-state index is 15.2. The minimum Gasteiger partial charge on any atom is -0.475 e. The number of likely N-dealkylation sites (tertiary alicyclic amines) is 1. The van der Waals surface area contributed by atoms with Crippen molar-refractivity contribution >= 4 is 46.5 Å². The summed E-state index contributed by atoms with van der Waals surface area (Å²) in [6, 6.07) is 14.7. The zero-order valence-electron chi connectivity index (χ0n) is 30.1. The van der Waals surface area contributed by atoms with Gasteiger partial charge in [0.25, 0.3) is 0 Å². The molecule has 4 aromatic rings.